The third-order valence-corrected chi connectivity index (χ3v) is 2.16. The summed E-state index contributed by atoms with van der Waals surface area (Å²) in [5.74, 6) is 0.693. The lowest BCUT2D eigenvalue weighted by molar-refractivity contribution is 0.421. The first-order chi connectivity index (χ1) is 6.16. The third-order valence-electron chi connectivity index (χ3n) is 2.16. The predicted molar refractivity (Wildman–Crippen MR) is 59.6 cm³/mol. The van der Waals surface area contributed by atoms with Crippen LogP contribution in [0.15, 0.2) is 0 Å². The predicted octanol–water partition coefficient (Wildman–Crippen LogP) is 2.49. The van der Waals surface area contributed by atoms with E-state index in [1.165, 1.54) is 25.7 Å². The lowest BCUT2D eigenvalue weighted by Gasteiger charge is -2.15. The molecular weight excluding hydrogens is 160 g/mol. The Hall–Kier alpha value is -0.0800. The summed E-state index contributed by atoms with van der Waals surface area (Å²) in [7, 11) is 0. The normalized spacial score (nSPS) is 13.6. The highest BCUT2D eigenvalue weighted by Gasteiger charge is 2.02. The highest BCUT2D eigenvalue weighted by Crippen LogP contribution is 2.01. The van der Waals surface area contributed by atoms with Crippen molar-refractivity contribution in [2.75, 3.05) is 6.54 Å². The molecule has 0 rings (SSSR count). The Morgan fingerprint density at radius 3 is 2.38 bits per heavy atom. The van der Waals surface area contributed by atoms with Crippen molar-refractivity contribution < 1.29 is 0 Å². The Morgan fingerprint density at radius 1 is 1.15 bits per heavy atom. The molecule has 0 amide bonds. The summed E-state index contributed by atoms with van der Waals surface area (Å²) in [6, 6.07) is 0. The van der Waals surface area contributed by atoms with Gasteiger partial charge < -0.3 is 11.1 Å². The smallest absolute Gasteiger partial charge is 0.0548 e. The number of rotatable bonds is 8. The maximum Gasteiger partial charge on any atom is 0.0548 e. The van der Waals surface area contributed by atoms with E-state index in [0.29, 0.717) is 5.92 Å². The largest absolute Gasteiger partial charge is 0.316 e. The zero-order valence-electron chi connectivity index (χ0n) is 9.47. The minimum atomic E-state index is 0.196. The van der Waals surface area contributed by atoms with Gasteiger partial charge in [-0.2, -0.15) is 0 Å². The first-order valence-electron chi connectivity index (χ1n) is 5.65. The first kappa shape index (κ1) is 12.9. The third kappa shape index (κ3) is 9.84. The number of hydrogen-bond acceptors (Lipinski definition) is 2. The molecule has 0 radical (unpaired) electrons. The maximum atomic E-state index is 5.88. The van der Waals surface area contributed by atoms with Gasteiger partial charge in [-0.25, -0.2) is 0 Å². The molecule has 0 aliphatic rings. The van der Waals surface area contributed by atoms with E-state index in [1.807, 2.05) is 0 Å². The Balaban J connectivity index is 3.12. The van der Waals surface area contributed by atoms with E-state index in [0.717, 1.165) is 13.0 Å². The average Bonchev–Trinajstić information content (AvgIpc) is 2.02. The van der Waals surface area contributed by atoms with E-state index < -0.39 is 0 Å². The fourth-order valence-electron chi connectivity index (χ4n) is 1.43. The van der Waals surface area contributed by atoms with Crippen molar-refractivity contribution in [3.8, 4) is 0 Å². The van der Waals surface area contributed by atoms with Crippen molar-refractivity contribution in [1.29, 1.82) is 0 Å². The van der Waals surface area contributed by atoms with Crippen LogP contribution in [0.4, 0.5) is 0 Å². The number of nitrogens with one attached hydrogen (secondary N) is 1. The van der Waals surface area contributed by atoms with Gasteiger partial charge in [0.05, 0.1) is 6.17 Å². The maximum absolute atomic E-state index is 5.88. The van der Waals surface area contributed by atoms with Crippen molar-refractivity contribution in [3.05, 3.63) is 0 Å². The highest BCUT2D eigenvalue weighted by atomic mass is 15.0. The van der Waals surface area contributed by atoms with Crippen molar-refractivity contribution in [2.24, 2.45) is 11.7 Å². The van der Waals surface area contributed by atoms with Gasteiger partial charge in [-0.3, -0.25) is 0 Å². The summed E-state index contributed by atoms with van der Waals surface area (Å²) >= 11 is 0. The Morgan fingerprint density at radius 2 is 1.85 bits per heavy atom. The van der Waals surface area contributed by atoms with E-state index in [1.54, 1.807) is 0 Å². The molecule has 3 N–H and O–H groups in total. The van der Waals surface area contributed by atoms with Crippen molar-refractivity contribution >= 4 is 0 Å². The van der Waals surface area contributed by atoms with Crippen molar-refractivity contribution in [1.82, 2.24) is 5.32 Å². The number of nitrogens with two attached hydrogens (primary N) is 1. The number of hydrogen-bond donors (Lipinski definition) is 2. The molecule has 1 atom stereocenters. The topological polar surface area (TPSA) is 38.0 Å². The van der Waals surface area contributed by atoms with Gasteiger partial charge in [-0.15, -0.1) is 0 Å². The second-order valence-corrected chi connectivity index (χ2v) is 4.25. The van der Waals surface area contributed by atoms with Crippen LogP contribution in [0.5, 0.6) is 0 Å². The molecule has 0 heterocycles. The molecule has 0 saturated heterocycles. The lowest BCUT2D eigenvalue weighted by atomic mass is 10.1. The highest BCUT2D eigenvalue weighted by molar-refractivity contribution is 4.60. The Kier molecular flexibility index (Phi) is 8.46. The molecule has 0 aromatic rings. The van der Waals surface area contributed by atoms with Gasteiger partial charge in [0, 0.05) is 0 Å². The summed E-state index contributed by atoms with van der Waals surface area (Å²) in [5.41, 5.74) is 5.88. The average molecular weight is 186 g/mol. The van der Waals surface area contributed by atoms with Crippen LogP contribution in [0.3, 0.4) is 0 Å². The Bertz CT molecular complexity index is 102. The zero-order chi connectivity index (χ0) is 10.1. The van der Waals surface area contributed by atoms with Crippen LogP contribution in [0.25, 0.3) is 0 Å². The zero-order valence-corrected chi connectivity index (χ0v) is 9.47. The molecule has 0 aliphatic heterocycles. The molecule has 0 spiro atoms. The molecule has 80 valence electrons. The summed E-state index contributed by atoms with van der Waals surface area (Å²) < 4.78 is 0. The second kappa shape index (κ2) is 8.52. The van der Waals surface area contributed by atoms with Crippen LogP contribution in [0.2, 0.25) is 0 Å². The molecule has 0 aromatic heterocycles. The molecule has 13 heavy (non-hydrogen) atoms. The summed E-state index contributed by atoms with van der Waals surface area (Å²) in [6.07, 6.45) is 6.52. The van der Waals surface area contributed by atoms with Gasteiger partial charge in [-0.1, -0.05) is 40.0 Å². The standard InChI is InChI=1S/C11H26N2/c1-4-5-6-7-8-13-11(12)9-10(2)3/h10-11,13H,4-9,12H2,1-3H3. The fraction of sp³-hybridized carbons (Fsp3) is 1.00. The summed E-state index contributed by atoms with van der Waals surface area (Å²) in [4.78, 5) is 0. The van der Waals surface area contributed by atoms with Gasteiger partial charge in [0.1, 0.15) is 0 Å². The molecule has 0 saturated carbocycles. The minimum Gasteiger partial charge on any atom is -0.316 e. The molecule has 0 bridgehead atoms. The monoisotopic (exact) mass is 186 g/mol. The molecule has 0 aromatic carbocycles. The molecule has 2 heteroatoms. The minimum absolute atomic E-state index is 0.196. The quantitative estimate of drug-likeness (QED) is 0.451. The van der Waals surface area contributed by atoms with Crippen LogP contribution in [0, 0.1) is 5.92 Å². The molecule has 0 aliphatic carbocycles. The second-order valence-electron chi connectivity index (χ2n) is 4.25. The van der Waals surface area contributed by atoms with E-state index in [2.05, 4.69) is 26.1 Å². The fourth-order valence-corrected chi connectivity index (χ4v) is 1.43. The first-order valence-corrected chi connectivity index (χ1v) is 5.65. The van der Waals surface area contributed by atoms with Crippen molar-refractivity contribution in [2.45, 2.75) is 59.0 Å². The summed E-state index contributed by atoms with van der Waals surface area (Å²) in [5, 5.41) is 3.35. The summed E-state index contributed by atoms with van der Waals surface area (Å²) in [6.45, 7) is 7.73. The van der Waals surface area contributed by atoms with E-state index in [4.69, 9.17) is 5.73 Å². The molecule has 0 fully saturated rings. The van der Waals surface area contributed by atoms with Crippen LogP contribution in [-0.4, -0.2) is 12.7 Å². The van der Waals surface area contributed by atoms with Gasteiger partial charge in [0.25, 0.3) is 0 Å². The van der Waals surface area contributed by atoms with Gasteiger partial charge in [-0.05, 0) is 25.3 Å². The molecule has 1 unspecified atom stereocenters. The van der Waals surface area contributed by atoms with E-state index >= 15 is 0 Å². The van der Waals surface area contributed by atoms with Gasteiger partial charge in [0.15, 0.2) is 0 Å². The number of unbranched alkanes of at least 4 members (excludes halogenated alkanes) is 3. The van der Waals surface area contributed by atoms with Crippen molar-refractivity contribution in [3.63, 3.8) is 0 Å². The van der Waals surface area contributed by atoms with Crippen LogP contribution >= 0.6 is 0 Å². The van der Waals surface area contributed by atoms with Gasteiger partial charge in [0.2, 0.25) is 0 Å². The van der Waals surface area contributed by atoms with Gasteiger partial charge >= 0.3 is 0 Å². The van der Waals surface area contributed by atoms with Crippen LogP contribution in [0.1, 0.15) is 52.9 Å². The Labute approximate surface area is 83.3 Å². The van der Waals surface area contributed by atoms with E-state index in [-0.39, 0.29) is 6.17 Å². The molecule has 2 nitrogen and oxygen atoms in total. The van der Waals surface area contributed by atoms with E-state index in [9.17, 15) is 0 Å². The van der Waals surface area contributed by atoms with Crippen LogP contribution in [-0.2, 0) is 0 Å². The van der Waals surface area contributed by atoms with Crippen LogP contribution < -0.4 is 11.1 Å². The molecular formula is C11H26N2. The SMILES string of the molecule is CCCCCCNC(N)CC(C)C. The lowest BCUT2D eigenvalue weighted by Crippen LogP contribution is -2.38.